The van der Waals surface area contributed by atoms with E-state index in [2.05, 4.69) is 5.32 Å². The molecule has 2 amide bonds. The minimum absolute atomic E-state index is 0.0195. The summed E-state index contributed by atoms with van der Waals surface area (Å²) >= 11 is 0.799. The van der Waals surface area contributed by atoms with Crippen LogP contribution < -0.4 is 16.6 Å². The largest absolute Gasteiger partial charge is 0.462 e. The van der Waals surface area contributed by atoms with Crippen molar-refractivity contribution in [1.29, 1.82) is 5.41 Å². The zero-order valence-electron chi connectivity index (χ0n) is 16.3. The van der Waals surface area contributed by atoms with Crippen molar-refractivity contribution in [2.24, 2.45) is 5.73 Å². The number of nitrogens with one attached hydrogen (secondary N) is 2. The molecule has 0 aliphatic carbocycles. The minimum atomic E-state index is -0.815. The second-order valence-corrected chi connectivity index (χ2v) is 7.29. The minimum Gasteiger partial charge on any atom is -0.462 e. The molecule has 3 rings (SSSR count). The number of nitrogens with zero attached hydrogens (tertiary/aromatic N) is 1. The lowest BCUT2D eigenvalue weighted by Crippen LogP contribution is -2.21. The Morgan fingerprint density at radius 1 is 1.32 bits per heavy atom. The lowest BCUT2D eigenvalue weighted by atomic mass is 10.1. The van der Waals surface area contributed by atoms with Gasteiger partial charge >= 0.3 is 5.97 Å². The lowest BCUT2D eigenvalue weighted by molar-refractivity contribution is -0.384. The van der Waals surface area contributed by atoms with E-state index in [4.69, 9.17) is 20.3 Å². The maximum absolute atomic E-state index is 12.8. The van der Waals surface area contributed by atoms with Gasteiger partial charge in [-0.15, -0.1) is 11.3 Å². The molecule has 0 spiro atoms. The summed E-state index contributed by atoms with van der Waals surface area (Å²) in [5, 5.41) is 21.7. The van der Waals surface area contributed by atoms with E-state index < -0.39 is 28.3 Å². The van der Waals surface area contributed by atoms with Gasteiger partial charge in [0.05, 0.1) is 22.0 Å². The normalized spacial score (nSPS) is 10.6. The number of rotatable bonds is 6. The van der Waals surface area contributed by atoms with Crippen molar-refractivity contribution in [2.75, 3.05) is 11.9 Å². The summed E-state index contributed by atoms with van der Waals surface area (Å²) < 4.78 is 10.3. The van der Waals surface area contributed by atoms with Gasteiger partial charge in [0.25, 0.3) is 17.5 Å². The van der Waals surface area contributed by atoms with Crippen LogP contribution in [0.1, 0.15) is 42.9 Å². The lowest BCUT2D eigenvalue weighted by Gasteiger charge is -2.08. The summed E-state index contributed by atoms with van der Waals surface area (Å²) in [5.74, 6) is -2.34. The monoisotopic (exact) mass is 444 g/mol. The second kappa shape index (κ2) is 8.36. The van der Waals surface area contributed by atoms with Gasteiger partial charge < -0.3 is 20.2 Å². The number of amides is 2. The third-order valence-electron chi connectivity index (χ3n) is 4.28. The van der Waals surface area contributed by atoms with Gasteiger partial charge in [-0.1, -0.05) is 0 Å². The van der Waals surface area contributed by atoms with Crippen molar-refractivity contribution in [2.45, 2.75) is 13.8 Å². The molecule has 0 radical (unpaired) electrons. The average molecular weight is 444 g/mol. The number of nitro groups is 1. The number of primary amides is 1. The quantitative estimate of drug-likeness (QED) is 0.297. The Labute approximate surface area is 178 Å². The third kappa shape index (κ3) is 4.14. The number of benzene rings is 1. The van der Waals surface area contributed by atoms with E-state index in [0.717, 1.165) is 11.3 Å². The van der Waals surface area contributed by atoms with Crippen LogP contribution in [-0.2, 0) is 4.74 Å². The molecule has 0 unspecified atom stereocenters. The van der Waals surface area contributed by atoms with Gasteiger partial charge in [0.2, 0.25) is 5.55 Å². The molecule has 0 saturated heterocycles. The standard InChI is InChI=1S/C19H16N4O7S/c1-3-29-19(26)13-8(2)14(15(20)24)31-18(13)22-17(25)11-7-9-6-10(23(27)28)4-5-12(9)30-16(11)21/h4-7,21H,3H2,1-2H3,(H2,20,24)(H,22,25). The first kappa shape index (κ1) is 21.6. The van der Waals surface area contributed by atoms with E-state index in [1.54, 1.807) is 6.92 Å². The van der Waals surface area contributed by atoms with Gasteiger partial charge in [-0.05, 0) is 31.5 Å². The molecular formula is C19H16N4O7S. The number of carbonyl (C=O) groups excluding carboxylic acids is 3. The number of fused-ring (bicyclic) bond motifs is 1. The highest BCUT2D eigenvalue weighted by atomic mass is 32.1. The number of hydrogen-bond donors (Lipinski definition) is 3. The van der Waals surface area contributed by atoms with Crippen molar-refractivity contribution < 1.29 is 28.5 Å². The number of esters is 1. The molecule has 0 fully saturated rings. The highest BCUT2D eigenvalue weighted by molar-refractivity contribution is 7.18. The fourth-order valence-electron chi connectivity index (χ4n) is 2.87. The van der Waals surface area contributed by atoms with E-state index in [1.807, 2.05) is 0 Å². The number of anilines is 1. The van der Waals surface area contributed by atoms with Gasteiger partial charge in [-0.3, -0.25) is 25.1 Å². The summed E-state index contributed by atoms with van der Waals surface area (Å²) in [5.41, 5.74) is 4.84. The van der Waals surface area contributed by atoms with Crippen molar-refractivity contribution >= 4 is 50.8 Å². The molecule has 2 heterocycles. The number of ether oxygens (including phenoxy) is 1. The molecule has 4 N–H and O–H groups in total. The Morgan fingerprint density at radius 2 is 2.03 bits per heavy atom. The molecular weight excluding hydrogens is 428 g/mol. The molecule has 2 aromatic heterocycles. The molecule has 11 nitrogen and oxygen atoms in total. The number of nitrogens with two attached hydrogens (primary N) is 1. The van der Waals surface area contributed by atoms with Crippen LogP contribution in [0.2, 0.25) is 0 Å². The number of carbonyl (C=O) groups is 3. The van der Waals surface area contributed by atoms with Crippen molar-refractivity contribution in [3.8, 4) is 0 Å². The summed E-state index contributed by atoms with van der Waals surface area (Å²) in [6.07, 6.45) is 0. The number of non-ortho nitro benzene ring substituents is 1. The third-order valence-corrected chi connectivity index (χ3v) is 5.50. The van der Waals surface area contributed by atoms with Crippen LogP contribution in [0.3, 0.4) is 0 Å². The predicted octanol–water partition coefficient (Wildman–Crippen LogP) is 2.72. The van der Waals surface area contributed by atoms with Crippen LogP contribution in [0, 0.1) is 22.4 Å². The summed E-state index contributed by atoms with van der Waals surface area (Å²) in [6, 6.07) is 5.02. The molecule has 31 heavy (non-hydrogen) atoms. The van der Waals surface area contributed by atoms with Gasteiger partial charge in [-0.2, -0.15) is 0 Å². The van der Waals surface area contributed by atoms with Crippen LogP contribution in [0.25, 0.3) is 11.0 Å². The van der Waals surface area contributed by atoms with Gasteiger partial charge in [0.15, 0.2) is 0 Å². The zero-order chi connectivity index (χ0) is 22.9. The van der Waals surface area contributed by atoms with Gasteiger partial charge in [-0.25, -0.2) is 4.79 Å². The maximum Gasteiger partial charge on any atom is 0.341 e. The molecule has 0 atom stereocenters. The maximum atomic E-state index is 12.8. The summed E-state index contributed by atoms with van der Waals surface area (Å²) in [4.78, 5) is 47.3. The first-order chi connectivity index (χ1) is 14.6. The molecule has 0 saturated carbocycles. The smallest absolute Gasteiger partial charge is 0.341 e. The van der Waals surface area contributed by atoms with Crippen LogP contribution in [0.5, 0.6) is 0 Å². The Hall–Kier alpha value is -4.06. The predicted molar refractivity (Wildman–Crippen MR) is 110 cm³/mol. The van der Waals surface area contributed by atoms with Crippen LogP contribution in [0.15, 0.2) is 28.7 Å². The molecule has 3 aromatic rings. The Bertz CT molecular complexity index is 1310. The van der Waals surface area contributed by atoms with Crippen molar-refractivity contribution in [1.82, 2.24) is 0 Å². The summed E-state index contributed by atoms with van der Waals surface area (Å²) in [6.45, 7) is 3.18. The van der Waals surface area contributed by atoms with Crippen LogP contribution in [-0.4, -0.2) is 29.3 Å². The second-order valence-electron chi connectivity index (χ2n) is 6.27. The number of nitro benzene ring substituents is 1. The Balaban J connectivity index is 2.05. The Kier molecular flexibility index (Phi) is 5.83. The highest BCUT2D eigenvalue weighted by Gasteiger charge is 2.26. The topological polar surface area (TPSA) is 179 Å². The fraction of sp³-hybridized carbons (Fsp3) is 0.158. The van der Waals surface area contributed by atoms with Crippen molar-refractivity contribution in [3.63, 3.8) is 0 Å². The number of thiophene rings is 1. The molecule has 12 heteroatoms. The van der Waals surface area contributed by atoms with Crippen LogP contribution in [0.4, 0.5) is 10.7 Å². The molecule has 160 valence electrons. The Morgan fingerprint density at radius 3 is 2.65 bits per heavy atom. The van der Waals surface area contributed by atoms with E-state index in [-0.39, 0.29) is 49.8 Å². The van der Waals surface area contributed by atoms with E-state index in [0.29, 0.717) is 0 Å². The van der Waals surface area contributed by atoms with Gasteiger partial charge in [0, 0.05) is 17.5 Å². The van der Waals surface area contributed by atoms with Crippen LogP contribution >= 0.6 is 11.3 Å². The summed E-state index contributed by atoms with van der Waals surface area (Å²) in [7, 11) is 0. The fourth-order valence-corrected chi connectivity index (χ4v) is 3.91. The van der Waals surface area contributed by atoms with E-state index in [9.17, 15) is 24.5 Å². The molecule has 0 aliphatic heterocycles. The van der Waals surface area contributed by atoms with E-state index >= 15 is 0 Å². The first-order valence-electron chi connectivity index (χ1n) is 8.82. The van der Waals surface area contributed by atoms with Crippen molar-refractivity contribution in [3.05, 3.63) is 61.5 Å². The molecule has 1 aromatic carbocycles. The molecule has 0 aliphatic rings. The zero-order valence-corrected chi connectivity index (χ0v) is 17.1. The SMILES string of the molecule is CCOC(=O)c1c(NC(=O)c2cc3cc([N+](=O)[O-])ccc3oc2=N)sc(C(N)=O)c1C. The number of hydrogen-bond acceptors (Lipinski definition) is 9. The molecule has 0 bridgehead atoms. The van der Waals surface area contributed by atoms with E-state index in [1.165, 1.54) is 31.2 Å². The average Bonchev–Trinajstić information content (AvgIpc) is 3.03. The van der Waals surface area contributed by atoms with Gasteiger partial charge in [0.1, 0.15) is 16.1 Å². The first-order valence-corrected chi connectivity index (χ1v) is 9.64. The highest BCUT2D eigenvalue weighted by Crippen LogP contribution is 2.34.